The van der Waals surface area contributed by atoms with E-state index in [-0.39, 0.29) is 18.0 Å². The number of carbonyl (C=O) groups is 2. The number of anilines is 1. The lowest BCUT2D eigenvalue weighted by Gasteiger charge is -2.31. The summed E-state index contributed by atoms with van der Waals surface area (Å²) < 4.78 is 36.8. The molecular weight excluding hydrogens is 470 g/mol. The van der Waals surface area contributed by atoms with E-state index < -0.39 is 34.4 Å². The zero-order valence-electron chi connectivity index (χ0n) is 19.2. The number of halogens is 1. The molecule has 2 rings (SSSR count). The summed E-state index contributed by atoms with van der Waals surface area (Å²) in [6.45, 7) is 1.01. The van der Waals surface area contributed by atoms with Gasteiger partial charge < -0.3 is 19.7 Å². The van der Waals surface area contributed by atoms with E-state index in [9.17, 15) is 18.0 Å². The Balaban J connectivity index is 2.49. The number of likely N-dealkylation sites (N-methyl/N-ethyl adjacent to an activating group) is 1. The number of hydrogen-bond acceptors (Lipinski definition) is 6. The summed E-state index contributed by atoms with van der Waals surface area (Å²) in [5.41, 5.74) is 0.756. The highest BCUT2D eigenvalue weighted by Crippen LogP contribution is 2.34. The van der Waals surface area contributed by atoms with E-state index in [2.05, 4.69) is 5.32 Å². The highest BCUT2D eigenvalue weighted by molar-refractivity contribution is 7.92. The average Bonchev–Trinajstić information content (AvgIpc) is 2.79. The van der Waals surface area contributed by atoms with Crippen molar-refractivity contribution in [3.8, 4) is 11.5 Å². The highest BCUT2D eigenvalue weighted by atomic mass is 35.5. The lowest BCUT2D eigenvalue weighted by Crippen LogP contribution is -2.50. The topological polar surface area (TPSA) is 105 Å². The fraction of sp³-hybridized carbons (Fsp3) is 0.364. The molecule has 2 aromatic rings. The first-order valence-corrected chi connectivity index (χ1v) is 12.2. The van der Waals surface area contributed by atoms with Gasteiger partial charge in [-0.2, -0.15) is 0 Å². The second kappa shape index (κ2) is 11.2. The van der Waals surface area contributed by atoms with Crippen molar-refractivity contribution in [1.82, 2.24) is 10.2 Å². The minimum atomic E-state index is -3.91. The van der Waals surface area contributed by atoms with E-state index in [0.29, 0.717) is 16.3 Å². The quantitative estimate of drug-likeness (QED) is 0.540. The molecule has 11 heteroatoms. The van der Waals surface area contributed by atoms with Crippen LogP contribution in [0.25, 0.3) is 0 Å². The number of ether oxygens (including phenoxy) is 2. The van der Waals surface area contributed by atoms with Gasteiger partial charge in [0.15, 0.2) is 0 Å². The molecule has 0 saturated heterocycles. The Labute approximate surface area is 199 Å². The number of carbonyl (C=O) groups excluding carboxylic acids is 2. The molecule has 1 unspecified atom stereocenters. The van der Waals surface area contributed by atoms with Gasteiger partial charge in [-0.15, -0.1) is 0 Å². The molecule has 0 aliphatic heterocycles. The van der Waals surface area contributed by atoms with E-state index in [4.69, 9.17) is 21.1 Å². The summed E-state index contributed by atoms with van der Waals surface area (Å²) >= 11 is 6.26. The van der Waals surface area contributed by atoms with Gasteiger partial charge in [-0.3, -0.25) is 13.9 Å². The summed E-state index contributed by atoms with van der Waals surface area (Å²) in [5, 5.41) is 2.94. The second-order valence-corrected chi connectivity index (χ2v) is 9.52. The van der Waals surface area contributed by atoms with Crippen LogP contribution in [0.4, 0.5) is 5.69 Å². The Morgan fingerprint density at radius 2 is 1.79 bits per heavy atom. The first kappa shape index (κ1) is 26.3. The van der Waals surface area contributed by atoms with Crippen LogP contribution >= 0.6 is 11.6 Å². The predicted octanol–water partition coefficient (Wildman–Crippen LogP) is 2.29. The molecule has 2 aromatic carbocycles. The maximum atomic E-state index is 13.4. The molecule has 0 heterocycles. The van der Waals surface area contributed by atoms with Crippen molar-refractivity contribution >= 4 is 39.1 Å². The van der Waals surface area contributed by atoms with Crippen LogP contribution in [0.1, 0.15) is 12.5 Å². The molecule has 1 N–H and O–H groups in total. The lowest BCUT2D eigenvalue weighted by molar-refractivity contribution is -0.139. The van der Waals surface area contributed by atoms with Gasteiger partial charge in [0, 0.05) is 24.7 Å². The van der Waals surface area contributed by atoms with Crippen molar-refractivity contribution in [3.63, 3.8) is 0 Å². The molecule has 0 spiro atoms. The number of hydrogen-bond donors (Lipinski definition) is 1. The number of rotatable bonds is 10. The molecule has 180 valence electrons. The lowest BCUT2D eigenvalue weighted by atomic mass is 10.1. The molecule has 0 bridgehead atoms. The van der Waals surface area contributed by atoms with Crippen LogP contribution in [0, 0.1) is 0 Å². The third-order valence-corrected chi connectivity index (χ3v) is 6.54. The summed E-state index contributed by atoms with van der Waals surface area (Å²) in [6, 6.07) is 10.7. The number of amides is 2. The van der Waals surface area contributed by atoms with E-state index in [1.54, 1.807) is 43.3 Å². The van der Waals surface area contributed by atoms with Crippen molar-refractivity contribution in [2.75, 3.05) is 38.4 Å². The van der Waals surface area contributed by atoms with Gasteiger partial charge in [-0.25, -0.2) is 8.42 Å². The molecule has 33 heavy (non-hydrogen) atoms. The van der Waals surface area contributed by atoms with Gasteiger partial charge in [0.1, 0.15) is 24.1 Å². The first-order chi connectivity index (χ1) is 15.5. The maximum absolute atomic E-state index is 13.4. The Morgan fingerprint density at radius 1 is 1.12 bits per heavy atom. The normalized spacial score (nSPS) is 11.9. The molecule has 0 aliphatic rings. The fourth-order valence-corrected chi connectivity index (χ4v) is 4.23. The molecular formula is C22H28ClN3O6S. The summed E-state index contributed by atoms with van der Waals surface area (Å²) in [4.78, 5) is 27.1. The molecule has 1 atom stereocenters. The Hall–Kier alpha value is -2.98. The van der Waals surface area contributed by atoms with Gasteiger partial charge in [0.05, 0.1) is 26.2 Å². The van der Waals surface area contributed by atoms with E-state index in [1.165, 1.54) is 32.2 Å². The predicted molar refractivity (Wildman–Crippen MR) is 127 cm³/mol. The summed E-state index contributed by atoms with van der Waals surface area (Å²) in [7, 11) is 0.382. The molecule has 2 amide bonds. The van der Waals surface area contributed by atoms with Crippen LogP contribution in [0.15, 0.2) is 42.5 Å². The standard InChI is InChI=1S/C22H28ClN3O6S/c1-15(22(28)24-2)25(13-16-8-6-7-9-18(16)23)21(27)14-26(33(5,29)30)19-12-17(31-3)10-11-20(19)32-4/h6-12,15H,13-14H2,1-5H3,(H,24,28). The molecule has 0 saturated carbocycles. The second-order valence-electron chi connectivity index (χ2n) is 7.21. The van der Waals surface area contributed by atoms with E-state index in [0.717, 1.165) is 10.6 Å². The van der Waals surface area contributed by atoms with Crippen molar-refractivity contribution < 1.29 is 27.5 Å². The van der Waals surface area contributed by atoms with Gasteiger partial charge in [0.2, 0.25) is 21.8 Å². The van der Waals surface area contributed by atoms with Crippen LogP contribution < -0.4 is 19.1 Å². The monoisotopic (exact) mass is 497 g/mol. The zero-order valence-corrected chi connectivity index (χ0v) is 20.7. The van der Waals surface area contributed by atoms with Crippen LogP contribution in [0.3, 0.4) is 0 Å². The van der Waals surface area contributed by atoms with Crippen molar-refractivity contribution in [2.45, 2.75) is 19.5 Å². The minimum absolute atomic E-state index is 0.0138. The van der Waals surface area contributed by atoms with Crippen molar-refractivity contribution in [2.24, 2.45) is 0 Å². The van der Waals surface area contributed by atoms with E-state index in [1.807, 2.05) is 0 Å². The number of sulfonamides is 1. The van der Waals surface area contributed by atoms with Gasteiger partial charge >= 0.3 is 0 Å². The van der Waals surface area contributed by atoms with E-state index >= 15 is 0 Å². The van der Waals surface area contributed by atoms with Crippen molar-refractivity contribution in [1.29, 1.82) is 0 Å². The summed E-state index contributed by atoms with van der Waals surface area (Å²) in [5.74, 6) is -0.369. The SMILES string of the molecule is CNC(=O)C(C)N(Cc1ccccc1Cl)C(=O)CN(c1cc(OC)ccc1OC)S(C)(=O)=O. The fourth-order valence-electron chi connectivity index (χ4n) is 3.19. The molecule has 0 aliphatic carbocycles. The first-order valence-electron chi connectivity index (χ1n) is 9.97. The molecule has 9 nitrogen and oxygen atoms in total. The number of nitrogens with one attached hydrogen (secondary N) is 1. The molecule has 0 fully saturated rings. The Kier molecular flexibility index (Phi) is 8.95. The molecule has 0 aromatic heterocycles. The van der Waals surface area contributed by atoms with Gasteiger partial charge in [-0.1, -0.05) is 29.8 Å². The highest BCUT2D eigenvalue weighted by Gasteiger charge is 2.31. The zero-order chi connectivity index (χ0) is 24.8. The van der Waals surface area contributed by atoms with Gasteiger partial charge in [0.25, 0.3) is 0 Å². The van der Waals surface area contributed by atoms with Crippen LogP contribution in [0.5, 0.6) is 11.5 Å². The minimum Gasteiger partial charge on any atom is -0.497 e. The van der Waals surface area contributed by atoms with Crippen LogP contribution in [-0.2, 0) is 26.2 Å². The average molecular weight is 498 g/mol. The Morgan fingerprint density at radius 3 is 2.33 bits per heavy atom. The third kappa shape index (κ3) is 6.52. The number of benzene rings is 2. The number of methoxy groups -OCH3 is 2. The van der Waals surface area contributed by atoms with Crippen LogP contribution in [0.2, 0.25) is 5.02 Å². The number of nitrogens with zero attached hydrogens (tertiary/aromatic N) is 2. The Bertz CT molecular complexity index is 1110. The van der Waals surface area contributed by atoms with Crippen molar-refractivity contribution in [3.05, 3.63) is 53.1 Å². The smallest absolute Gasteiger partial charge is 0.244 e. The molecule has 0 radical (unpaired) electrons. The maximum Gasteiger partial charge on any atom is 0.244 e. The third-order valence-electron chi connectivity index (χ3n) is 5.05. The summed E-state index contributed by atoms with van der Waals surface area (Å²) in [6.07, 6.45) is 0.986. The van der Waals surface area contributed by atoms with Crippen LogP contribution in [-0.4, -0.2) is 65.2 Å². The largest absolute Gasteiger partial charge is 0.497 e. The van der Waals surface area contributed by atoms with Gasteiger partial charge in [-0.05, 0) is 30.7 Å².